The standard InChI is InChI=1S/C19H25ClN2O7S/c1-12(2)17(22-19(26)29-11-13-7-5-4-6-8-13)18(25)21-14(10-16(23)24)9-15(20)30(3,27)28/h4-9,12,14,17H,10-11H2,1-3H3,(H,21,25)(H,22,26)(H,23,24)/b15-9+/t14-,17+/m1/s1. The van der Waals surface area contributed by atoms with Crippen LogP contribution in [-0.2, 0) is 30.8 Å². The minimum Gasteiger partial charge on any atom is -0.481 e. The van der Waals surface area contributed by atoms with E-state index in [0.717, 1.165) is 17.9 Å². The van der Waals surface area contributed by atoms with E-state index in [4.69, 9.17) is 21.4 Å². The lowest BCUT2D eigenvalue weighted by Crippen LogP contribution is -2.52. The molecule has 1 aromatic rings. The van der Waals surface area contributed by atoms with Crippen LogP contribution >= 0.6 is 11.6 Å². The summed E-state index contributed by atoms with van der Waals surface area (Å²) in [4.78, 5) is 35.8. The highest BCUT2D eigenvalue weighted by atomic mass is 35.5. The van der Waals surface area contributed by atoms with Gasteiger partial charge in [0.25, 0.3) is 0 Å². The summed E-state index contributed by atoms with van der Waals surface area (Å²) in [7, 11) is -3.77. The van der Waals surface area contributed by atoms with Gasteiger partial charge in [0.1, 0.15) is 17.0 Å². The van der Waals surface area contributed by atoms with Gasteiger partial charge in [-0.15, -0.1) is 0 Å². The molecule has 0 fully saturated rings. The second kappa shape index (κ2) is 11.6. The Bertz CT molecular complexity index is 885. The zero-order chi connectivity index (χ0) is 22.9. The van der Waals surface area contributed by atoms with Crippen molar-refractivity contribution in [2.75, 3.05) is 6.26 Å². The van der Waals surface area contributed by atoms with Crippen molar-refractivity contribution < 1.29 is 32.6 Å². The zero-order valence-corrected chi connectivity index (χ0v) is 18.4. The van der Waals surface area contributed by atoms with Crippen LogP contribution in [0.1, 0.15) is 25.8 Å². The third-order valence-corrected chi connectivity index (χ3v) is 5.66. The number of carboxylic acid groups (broad SMARTS) is 1. The van der Waals surface area contributed by atoms with Crippen LogP contribution in [0, 0.1) is 5.92 Å². The van der Waals surface area contributed by atoms with Crippen LogP contribution in [0.3, 0.4) is 0 Å². The number of halogens is 1. The Kier molecular flexibility index (Phi) is 9.80. The first-order chi connectivity index (χ1) is 13.9. The summed E-state index contributed by atoms with van der Waals surface area (Å²) >= 11 is 5.68. The number of carbonyl (C=O) groups is 3. The number of rotatable bonds is 10. The quantitative estimate of drug-likeness (QED) is 0.485. The number of alkyl carbamates (subject to hydrolysis) is 1. The van der Waals surface area contributed by atoms with Gasteiger partial charge >= 0.3 is 12.1 Å². The van der Waals surface area contributed by atoms with Gasteiger partial charge in [-0.05, 0) is 17.6 Å². The molecule has 1 rings (SSSR count). The zero-order valence-electron chi connectivity index (χ0n) is 16.8. The molecule has 0 saturated heterocycles. The van der Waals surface area contributed by atoms with E-state index in [-0.39, 0.29) is 12.5 Å². The molecular formula is C19H25ClN2O7S. The molecule has 166 valence electrons. The first-order valence-corrected chi connectivity index (χ1v) is 11.2. The number of sulfone groups is 1. The average molecular weight is 461 g/mol. The highest BCUT2D eigenvalue weighted by molar-refractivity contribution is 7.96. The maximum Gasteiger partial charge on any atom is 0.408 e. The normalized spacial score (nSPS) is 14.0. The largest absolute Gasteiger partial charge is 0.481 e. The Morgan fingerprint density at radius 1 is 1.17 bits per heavy atom. The number of aliphatic carboxylic acids is 1. The van der Waals surface area contributed by atoms with Crippen molar-refractivity contribution in [1.82, 2.24) is 10.6 Å². The molecule has 1 aromatic carbocycles. The molecule has 0 aliphatic rings. The number of benzene rings is 1. The summed E-state index contributed by atoms with van der Waals surface area (Å²) in [5.41, 5.74) is 0.764. The first-order valence-electron chi connectivity index (χ1n) is 8.97. The fourth-order valence-corrected chi connectivity index (χ4v) is 2.88. The van der Waals surface area contributed by atoms with Gasteiger partial charge in [0.2, 0.25) is 5.91 Å². The summed E-state index contributed by atoms with van der Waals surface area (Å²) < 4.78 is 27.5. The van der Waals surface area contributed by atoms with Crippen LogP contribution in [0.15, 0.2) is 40.8 Å². The molecule has 0 saturated carbocycles. The number of nitrogens with one attached hydrogen (secondary N) is 2. The summed E-state index contributed by atoms with van der Waals surface area (Å²) in [6, 6.07) is 6.70. The summed E-state index contributed by atoms with van der Waals surface area (Å²) in [6.07, 6.45) is 0.369. The minimum absolute atomic E-state index is 0.00739. The number of hydrogen-bond donors (Lipinski definition) is 3. The van der Waals surface area contributed by atoms with Crippen molar-refractivity contribution in [3.63, 3.8) is 0 Å². The van der Waals surface area contributed by atoms with Gasteiger partial charge in [0.05, 0.1) is 12.5 Å². The van der Waals surface area contributed by atoms with Crippen molar-refractivity contribution in [1.29, 1.82) is 0 Å². The lowest BCUT2D eigenvalue weighted by molar-refractivity contribution is -0.137. The van der Waals surface area contributed by atoms with Gasteiger partial charge in [-0.25, -0.2) is 13.2 Å². The van der Waals surface area contributed by atoms with Gasteiger partial charge in [0.15, 0.2) is 9.84 Å². The Balaban J connectivity index is 2.84. The van der Waals surface area contributed by atoms with E-state index in [0.29, 0.717) is 0 Å². The topological polar surface area (TPSA) is 139 Å². The van der Waals surface area contributed by atoms with Gasteiger partial charge < -0.3 is 20.5 Å². The Labute approximate surface area is 180 Å². The van der Waals surface area contributed by atoms with Crippen LogP contribution in [0.4, 0.5) is 4.79 Å². The van der Waals surface area contributed by atoms with Crippen molar-refractivity contribution in [3.8, 4) is 0 Å². The van der Waals surface area contributed by atoms with E-state index in [1.54, 1.807) is 38.1 Å². The monoisotopic (exact) mass is 460 g/mol. The molecule has 30 heavy (non-hydrogen) atoms. The first kappa shape index (κ1) is 25.4. The molecule has 0 aliphatic heterocycles. The maximum absolute atomic E-state index is 12.6. The molecule has 0 aromatic heterocycles. The van der Waals surface area contributed by atoms with Gasteiger partial charge in [-0.3, -0.25) is 9.59 Å². The summed E-state index contributed by atoms with van der Waals surface area (Å²) in [5.74, 6) is -2.35. The third kappa shape index (κ3) is 9.27. The predicted octanol–water partition coefficient (Wildman–Crippen LogP) is 2.02. The van der Waals surface area contributed by atoms with Crippen molar-refractivity contribution in [2.45, 2.75) is 39.0 Å². The van der Waals surface area contributed by atoms with E-state index in [9.17, 15) is 22.8 Å². The summed E-state index contributed by atoms with van der Waals surface area (Å²) in [6.45, 7) is 3.36. The van der Waals surface area contributed by atoms with E-state index in [1.165, 1.54) is 0 Å². The van der Waals surface area contributed by atoms with Crippen LogP contribution in [-0.4, -0.2) is 49.8 Å². The number of hydrogen-bond acceptors (Lipinski definition) is 6. The van der Waals surface area contributed by atoms with E-state index in [1.807, 2.05) is 6.07 Å². The van der Waals surface area contributed by atoms with Crippen LogP contribution in [0.5, 0.6) is 0 Å². The molecule has 9 nitrogen and oxygen atoms in total. The Morgan fingerprint density at radius 3 is 2.27 bits per heavy atom. The van der Waals surface area contributed by atoms with E-state index < -0.39 is 50.7 Å². The number of ether oxygens (including phenoxy) is 1. The lowest BCUT2D eigenvalue weighted by atomic mass is 10.0. The molecule has 0 aliphatic carbocycles. The van der Waals surface area contributed by atoms with Crippen LogP contribution in [0.2, 0.25) is 0 Å². The number of carboxylic acids is 1. The van der Waals surface area contributed by atoms with Crippen molar-refractivity contribution in [3.05, 3.63) is 46.3 Å². The smallest absolute Gasteiger partial charge is 0.408 e. The second-order valence-electron chi connectivity index (χ2n) is 6.88. The molecule has 2 atom stereocenters. The second-order valence-corrected chi connectivity index (χ2v) is 9.50. The number of amides is 2. The molecule has 0 radical (unpaired) electrons. The van der Waals surface area contributed by atoms with E-state index >= 15 is 0 Å². The molecule has 2 amide bonds. The minimum atomic E-state index is -3.77. The van der Waals surface area contributed by atoms with Crippen molar-refractivity contribution in [2.24, 2.45) is 5.92 Å². The summed E-state index contributed by atoms with van der Waals surface area (Å²) in [5, 5.41) is 13.9. The Hall–Kier alpha value is -2.59. The molecule has 0 bridgehead atoms. The maximum atomic E-state index is 12.6. The van der Waals surface area contributed by atoms with Crippen molar-refractivity contribution >= 4 is 39.4 Å². The van der Waals surface area contributed by atoms with Gasteiger partial charge in [0, 0.05) is 6.26 Å². The van der Waals surface area contributed by atoms with E-state index in [2.05, 4.69) is 10.6 Å². The van der Waals surface area contributed by atoms with Gasteiger partial charge in [-0.2, -0.15) is 0 Å². The van der Waals surface area contributed by atoms with Crippen LogP contribution in [0.25, 0.3) is 0 Å². The highest BCUT2D eigenvalue weighted by Crippen LogP contribution is 2.13. The van der Waals surface area contributed by atoms with Crippen LogP contribution < -0.4 is 10.6 Å². The highest BCUT2D eigenvalue weighted by Gasteiger charge is 2.27. The molecule has 11 heteroatoms. The molecule has 0 spiro atoms. The molecule has 0 unspecified atom stereocenters. The third-order valence-electron chi connectivity index (χ3n) is 3.84. The Morgan fingerprint density at radius 2 is 1.77 bits per heavy atom. The average Bonchev–Trinajstić information content (AvgIpc) is 2.63. The fourth-order valence-electron chi connectivity index (χ4n) is 2.32. The van der Waals surface area contributed by atoms with Gasteiger partial charge in [-0.1, -0.05) is 55.8 Å². The fraction of sp³-hybridized carbons (Fsp3) is 0.421. The molecule has 0 heterocycles. The SMILES string of the molecule is CC(C)[C@H](NC(=O)OCc1ccccc1)C(=O)N[C@H](/C=C(\Cl)S(C)(=O)=O)CC(=O)O. The lowest BCUT2D eigenvalue weighted by Gasteiger charge is -2.23. The molecular weight excluding hydrogens is 436 g/mol. The number of carbonyl (C=O) groups excluding carboxylic acids is 2. The molecule has 3 N–H and O–H groups in total. The predicted molar refractivity (Wildman–Crippen MR) is 111 cm³/mol.